The summed E-state index contributed by atoms with van der Waals surface area (Å²) < 4.78 is 23.6. The number of para-hydroxylation sites is 1. The topological polar surface area (TPSA) is 101 Å². The lowest BCUT2D eigenvalue weighted by Crippen LogP contribution is -2.47. The van der Waals surface area contributed by atoms with E-state index in [0.717, 1.165) is 12.8 Å². The Morgan fingerprint density at radius 2 is 1.79 bits per heavy atom. The normalized spacial score (nSPS) is 29.2. The molecule has 3 rings (SSSR count). The fourth-order valence-corrected chi connectivity index (χ4v) is 4.63. The third-order valence-corrected chi connectivity index (χ3v) is 6.83. The van der Waals surface area contributed by atoms with Crippen LogP contribution in [0, 0.1) is 17.2 Å². The lowest BCUT2D eigenvalue weighted by molar-refractivity contribution is -0.147. The van der Waals surface area contributed by atoms with Crippen LogP contribution in [0.4, 0.5) is 0 Å². The van der Waals surface area contributed by atoms with Gasteiger partial charge >= 0.3 is 0 Å². The van der Waals surface area contributed by atoms with E-state index in [4.69, 9.17) is 18.9 Å². The second-order valence-corrected chi connectivity index (χ2v) is 9.05. The highest BCUT2D eigenvalue weighted by Gasteiger charge is 2.34. The molecule has 0 unspecified atom stereocenters. The molecule has 9 nitrogen and oxygen atoms in total. The SMILES string of the molecule is CO[C@H]1CC[C@H]2CCN(C)C(=O)[C@@H](C)[C@@H](OC)CN(C)C(=O)c3cccc(C#N)c3OC[C@@H]1O2. The number of likely N-dealkylation sites (N-methyl/N-ethyl adjacent to an activating group) is 1. The van der Waals surface area contributed by atoms with Gasteiger partial charge in [0.15, 0.2) is 0 Å². The number of methoxy groups -OCH3 is 2. The fourth-order valence-electron chi connectivity index (χ4n) is 4.63. The summed E-state index contributed by atoms with van der Waals surface area (Å²) >= 11 is 0. The van der Waals surface area contributed by atoms with Gasteiger partial charge in [-0.15, -0.1) is 0 Å². The summed E-state index contributed by atoms with van der Waals surface area (Å²) in [6.45, 7) is 2.72. The Kier molecular flexibility index (Phi) is 8.89. The number of hydrogen-bond acceptors (Lipinski definition) is 7. The monoisotopic (exact) mass is 473 g/mol. The van der Waals surface area contributed by atoms with Gasteiger partial charge < -0.3 is 28.7 Å². The second-order valence-electron chi connectivity index (χ2n) is 9.05. The van der Waals surface area contributed by atoms with Crippen LogP contribution in [-0.4, -0.2) is 94.0 Å². The summed E-state index contributed by atoms with van der Waals surface area (Å²) in [7, 11) is 6.61. The molecule has 2 aliphatic rings. The van der Waals surface area contributed by atoms with E-state index in [-0.39, 0.29) is 60.2 Å². The third kappa shape index (κ3) is 5.69. The van der Waals surface area contributed by atoms with Crippen molar-refractivity contribution in [3.8, 4) is 11.8 Å². The minimum absolute atomic E-state index is 0.0441. The molecule has 2 bridgehead atoms. The summed E-state index contributed by atoms with van der Waals surface area (Å²) in [5.74, 6) is -0.582. The molecular formula is C25H35N3O6. The highest BCUT2D eigenvalue weighted by atomic mass is 16.6. The molecule has 0 N–H and O–H groups in total. The number of nitriles is 1. The smallest absolute Gasteiger partial charge is 0.257 e. The first kappa shape index (κ1) is 25.9. The molecule has 2 amide bonds. The maximum atomic E-state index is 13.4. The number of nitrogens with zero attached hydrogens (tertiary/aromatic N) is 3. The standard InChI is InChI=1S/C25H35N3O6/c1-16-21(32-5)14-28(3)25(30)19-8-6-7-17(13-26)23(19)33-15-22-20(31-4)10-9-18(34-22)11-12-27(2)24(16)29/h6-8,16,18,20-22H,9-12,14-15H2,1-5H3/t16-,18-,20-,21-,22-/m0/s1. The molecule has 0 aromatic heterocycles. The van der Waals surface area contributed by atoms with Crippen molar-refractivity contribution in [3.05, 3.63) is 29.3 Å². The third-order valence-electron chi connectivity index (χ3n) is 6.83. The molecule has 1 fully saturated rings. The molecule has 0 aliphatic carbocycles. The van der Waals surface area contributed by atoms with E-state index in [2.05, 4.69) is 6.07 Å². The minimum atomic E-state index is -0.488. The van der Waals surface area contributed by atoms with Crippen molar-refractivity contribution in [2.45, 2.75) is 50.6 Å². The summed E-state index contributed by atoms with van der Waals surface area (Å²) in [5, 5.41) is 9.66. The summed E-state index contributed by atoms with van der Waals surface area (Å²) in [5.41, 5.74) is 0.552. The van der Waals surface area contributed by atoms with Crippen molar-refractivity contribution in [2.24, 2.45) is 5.92 Å². The lowest BCUT2D eigenvalue weighted by Gasteiger charge is -2.37. The maximum Gasteiger partial charge on any atom is 0.257 e. The average Bonchev–Trinajstić information content (AvgIpc) is 2.86. The number of fused-ring (bicyclic) bond motifs is 3. The molecule has 1 saturated heterocycles. The van der Waals surface area contributed by atoms with Crippen molar-refractivity contribution in [2.75, 3.05) is 48.0 Å². The van der Waals surface area contributed by atoms with Crippen LogP contribution < -0.4 is 4.74 Å². The van der Waals surface area contributed by atoms with Crippen LogP contribution in [0.25, 0.3) is 0 Å². The highest BCUT2D eigenvalue weighted by molar-refractivity contribution is 5.97. The largest absolute Gasteiger partial charge is 0.489 e. The van der Waals surface area contributed by atoms with Gasteiger partial charge in [-0.2, -0.15) is 5.26 Å². The van der Waals surface area contributed by atoms with Gasteiger partial charge in [0.2, 0.25) is 5.91 Å². The summed E-state index contributed by atoms with van der Waals surface area (Å²) in [4.78, 5) is 29.7. The molecule has 34 heavy (non-hydrogen) atoms. The molecule has 2 heterocycles. The number of amides is 2. The van der Waals surface area contributed by atoms with Crippen LogP contribution in [0.2, 0.25) is 0 Å². The van der Waals surface area contributed by atoms with Gasteiger partial charge in [0, 0.05) is 41.4 Å². The molecule has 0 radical (unpaired) electrons. The van der Waals surface area contributed by atoms with Gasteiger partial charge in [-0.1, -0.05) is 13.0 Å². The van der Waals surface area contributed by atoms with Crippen molar-refractivity contribution in [1.29, 1.82) is 5.26 Å². The summed E-state index contributed by atoms with van der Waals surface area (Å²) in [6.07, 6.45) is 1.25. The molecule has 0 spiro atoms. The predicted molar refractivity (Wildman–Crippen MR) is 125 cm³/mol. The van der Waals surface area contributed by atoms with Gasteiger partial charge in [-0.3, -0.25) is 9.59 Å². The van der Waals surface area contributed by atoms with E-state index in [9.17, 15) is 14.9 Å². The first-order valence-electron chi connectivity index (χ1n) is 11.7. The molecule has 2 aliphatic heterocycles. The van der Waals surface area contributed by atoms with Crippen LogP contribution in [0.15, 0.2) is 18.2 Å². The molecule has 1 aromatic rings. The lowest BCUT2D eigenvalue weighted by atomic mass is 9.98. The molecule has 186 valence electrons. The molecule has 0 saturated carbocycles. The van der Waals surface area contributed by atoms with E-state index < -0.39 is 12.0 Å². The molecular weight excluding hydrogens is 438 g/mol. The quantitative estimate of drug-likeness (QED) is 0.648. The molecule has 9 heteroatoms. The first-order valence-corrected chi connectivity index (χ1v) is 11.7. The van der Waals surface area contributed by atoms with Gasteiger partial charge in [-0.25, -0.2) is 0 Å². The zero-order valence-electron chi connectivity index (χ0n) is 20.7. The Morgan fingerprint density at radius 1 is 1.06 bits per heavy atom. The number of benzene rings is 1. The Morgan fingerprint density at radius 3 is 2.47 bits per heavy atom. The van der Waals surface area contributed by atoms with Crippen LogP contribution in [0.5, 0.6) is 5.75 Å². The number of carbonyl (C=O) groups excluding carboxylic acids is 2. The van der Waals surface area contributed by atoms with E-state index in [1.807, 2.05) is 6.92 Å². The second kappa shape index (κ2) is 11.6. The number of rotatable bonds is 2. The Labute approximate surface area is 201 Å². The van der Waals surface area contributed by atoms with Gasteiger partial charge in [0.25, 0.3) is 5.91 Å². The van der Waals surface area contributed by atoms with E-state index in [0.29, 0.717) is 13.0 Å². The molecule has 5 atom stereocenters. The minimum Gasteiger partial charge on any atom is -0.489 e. The number of ether oxygens (including phenoxy) is 4. The van der Waals surface area contributed by atoms with Crippen molar-refractivity contribution in [3.63, 3.8) is 0 Å². The van der Waals surface area contributed by atoms with Crippen molar-refractivity contribution >= 4 is 11.8 Å². The number of carbonyl (C=O) groups is 2. The Hall–Kier alpha value is -2.67. The Bertz CT molecular complexity index is 916. The van der Waals surface area contributed by atoms with Crippen LogP contribution >= 0.6 is 0 Å². The van der Waals surface area contributed by atoms with Gasteiger partial charge in [0.1, 0.15) is 24.5 Å². The average molecular weight is 474 g/mol. The van der Waals surface area contributed by atoms with Gasteiger partial charge in [0.05, 0.1) is 35.4 Å². The fraction of sp³-hybridized carbons (Fsp3) is 0.640. The van der Waals surface area contributed by atoms with Gasteiger partial charge in [-0.05, 0) is 31.4 Å². The maximum absolute atomic E-state index is 13.4. The highest BCUT2D eigenvalue weighted by Crippen LogP contribution is 2.29. The Balaban J connectivity index is 1.98. The zero-order valence-corrected chi connectivity index (χ0v) is 20.7. The van der Waals surface area contributed by atoms with Crippen molar-refractivity contribution in [1.82, 2.24) is 9.80 Å². The summed E-state index contributed by atoms with van der Waals surface area (Å²) in [6, 6.07) is 7.04. The van der Waals surface area contributed by atoms with E-state index in [1.54, 1.807) is 44.3 Å². The van der Waals surface area contributed by atoms with Crippen molar-refractivity contribution < 1.29 is 28.5 Å². The van der Waals surface area contributed by atoms with Crippen LogP contribution in [0.1, 0.15) is 42.1 Å². The van der Waals surface area contributed by atoms with E-state index in [1.165, 1.54) is 12.0 Å². The first-order chi connectivity index (χ1) is 16.3. The number of hydrogen-bond donors (Lipinski definition) is 0. The van der Waals surface area contributed by atoms with E-state index >= 15 is 0 Å². The van der Waals surface area contributed by atoms with Crippen LogP contribution in [0.3, 0.4) is 0 Å². The zero-order chi connectivity index (χ0) is 24.8. The predicted octanol–water partition coefficient (Wildman–Crippen LogP) is 2.08. The molecule has 1 aromatic carbocycles. The van der Waals surface area contributed by atoms with Crippen LogP contribution in [-0.2, 0) is 19.0 Å².